The number of aromatic amines is 1. The van der Waals surface area contributed by atoms with E-state index in [0.717, 1.165) is 16.7 Å². The monoisotopic (exact) mass is 232 g/mol. The lowest BCUT2D eigenvalue weighted by atomic mass is 10.1. The number of rotatable bonds is 0. The first kappa shape index (κ1) is 9.66. The summed E-state index contributed by atoms with van der Waals surface area (Å²) < 4.78 is 0. The van der Waals surface area contributed by atoms with Gasteiger partial charge in [0, 0.05) is 27.4 Å². The van der Waals surface area contributed by atoms with Crippen LogP contribution in [0.15, 0.2) is 48.5 Å². The lowest BCUT2D eigenvalue weighted by molar-refractivity contribution is 1.26. The molecule has 0 aliphatic rings. The second-order valence-electron chi connectivity index (χ2n) is 4.68. The van der Waals surface area contributed by atoms with E-state index in [-0.39, 0.29) is 0 Å². The van der Waals surface area contributed by atoms with Gasteiger partial charge in [0.05, 0.1) is 11.0 Å². The van der Waals surface area contributed by atoms with Crippen LogP contribution in [0.25, 0.3) is 32.7 Å². The lowest BCUT2D eigenvalue weighted by Crippen LogP contribution is -1.84. The van der Waals surface area contributed by atoms with Crippen LogP contribution in [0.5, 0.6) is 0 Å². The first-order valence-corrected chi connectivity index (χ1v) is 6.10. The van der Waals surface area contributed by atoms with Crippen LogP contribution in [0, 0.1) is 6.92 Å². The van der Waals surface area contributed by atoms with Gasteiger partial charge < -0.3 is 4.98 Å². The highest BCUT2D eigenvalue weighted by molar-refractivity contribution is 6.15. The average molecular weight is 232 g/mol. The van der Waals surface area contributed by atoms with Crippen molar-refractivity contribution in [1.82, 2.24) is 9.97 Å². The van der Waals surface area contributed by atoms with E-state index in [4.69, 9.17) is 0 Å². The highest BCUT2D eigenvalue weighted by Gasteiger charge is 2.07. The number of benzene rings is 2. The summed E-state index contributed by atoms with van der Waals surface area (Å²) in [5.41, 5.74) is 4.41. The van der Waals surface area contributed by atoms with E-state index in [2.05, 4.69) is 58.5 Å². The molecule has 2 heterocycles. The number of hydrogen-bond acceptors (Lipinski definition) is 1. The maximum atomic E-state index is 4.67. The number of para-hydroxylation sites is 1. The normalized spacial score (nSPS) is 11.6. The summed E-state index contributed by atoms with van der Waals surface area (Å²) in [5.74, 6) is 0. The molecule has 0 aliphatic carbocycles. The molecule has 0 fully saturated rings. The van der Waals surface area contributed by atoms with Gasteiger partial charge in [-0.05, 0) is 19.1 Å². The molecule has 0 saturated heterocycles. The summed E-state index contributed by atoms with van der Waals surface area (Å²) in [6.45, 7) is 2.03. The Morgan fingerprint density at radius 3 is 2.67 bits per heavy atom. The summed E-state index contributed by atoms with van der Waals surface area (Å²) in [4.78, 5) is 8.15. The fourth-order valence-electron chi connectivity index (χ4n) is 2.60. The van der Waals surface area contributed by atoms with Gasteiger partial charge in [-0.15, -0.1) is 0 Å². The molecule has 4 rings (SSSR count). The van der Waals surface area contributed by atoms with Crippen molar-refractivity contribution >= 4 is 32.7 Å². The molecule has 18 heavy (non-hydrogen) atoms. The molecule has 0 spiro atoms. The van der Waals surface area contributed by atoms with E-state index in [9.17, 15) is 0 Å². The third-order valence-corrected chi connectivity index (χ3v) is 3.48. The van der Waals surface area contributed by atoms with E-state index in [1.165, 1.54) is 21.7 Å². The minimum absolute atomic E-state index is 1.05. The Morgan fingerprint density at radius 2 is 1.72 bits per heavy atom. The van der Waals surface area contributed by atoms with Gasteiger partial charge >= 0.3 is 0 Å². The average Bonchev–Trinajstić information content (AvgIpc) is 2.78. The Bertz CT molecular complexity index is 887. The van der Waals surface area contributed by atoms with Crippen LogP contribution < -0.4 is 0 Å². The maximum absolute atomic E-state index is 4.67. The van der Waals surface area contributed by atoms with Crippen molar-refractivity contribution in [2.75, 3.05) is 0 Å². The summed E-state index contributed by atoms with van der Waals surface area (Å²) in [6, 6.07) is 16.9. The molecule has 2 aromatic carbocycles. The second kappa shape index (κ2) is 3.33. The van der Waals surface area contributed by atoms with Crippen LogP contribution in [0.3, 0.4) is 0 Å². The number of aromatic nitrogens is 2. The Hall–Kier alpha value is -2.35. The number of H-pyrrole nitrogens is 1. The summed E-state index contributed by atoms with van der Waals surface area (Å²) in [5, 5.41) is 3.69. The summed E-state index contributed by atoms with van der Waals surface area (Å²) in [7, 11) is 0. The molecule has 2 heteroatoms. The quantitative estimate of drug-likeness (QED) is 0.484. The Labute approximate surface area is 104 Å². The van der Waals surface area contributed by atoms with Crippen LogP contribution in [0.1, 0.15) is 5.69 Å². The molecule has 2 nitrogen and oxygen atoms in total. The lowest BCUT2D eigenvalue weighted by Gasteiger charge is -2.00. The van der Waals surface area contributed by atoms with Crippen molar-refractivity contribution < 1.29 is 0 Å². The SMILES string of the molecule is Cc1ccc2ccc3c4ccccc4[nH]c3c2n1. The first-order valence-electron chi connectivity index (χ1n) is 6.10. The number of hydrogen-bond donors (Lipinski definition) is 1. The van der Waals surface area contributed by atoms with Gasteiger partial charge in [-0.2, -0.15) is 0 Å². The molecule has 2 aromatic heterocycles. The zero-order valence-electron chi connectivity index (χ0n) is 10.1. The number of fused-ring (bicyclic) bond motifs is 5. The van der Waals surface area contributed by atoms with Crippen molar-refractivity contribution in [3.05, 3.63) is 54.2 Å². The zero-order chi connectivity index (χ0) is 12.1. The number of nitrogens with one attached hydrogen (secondary N) is 1. The van der Waals surface area contributed by atoms with Crippen molar-refractivity contribution in [2.24, 2.45) is 0 Å². The molecule has 0 saturated carbocycles. The topological polar surface area (TPSA) is 28.7 Å². The Morgan fingerprint density at radius 1 is 0.889 bits per heavy atom. The molecule has 4 aromatic rings. The first-order chi connectivity index (χ1) is 8.83. The van der Waals surface area contributed by atoms with Gasteiger partial charge in [0.15, 0.2) is 0 Å². The molecule has 1 N–H and O–H groups in total. The van der Waals surface area contributed by atoms with Crippen molar-refractivity contribution in [3.63, 3.8) is 0 Å². The number of nitrogens with zero attached hydrogens (tertiary/aromatic N) is 1. The van der Waals surface area contributed by atoms with E-state index in [1.807, 2.05) is 6.92 Å². The minimum Gasteiger partial charge on any atom is -0.353 e. The number of aryl methyl sites for hydroxylation is 1. The van der Waals surface area contributed by atoms with Gasteiger partial charge in [-0.1, -0.05) is 36.4 Å². The smallest absolute Gasteiger partial charge is 0.0946 e. The van der Waals surface area contributed by atoms with E-state index in [0.29, 0.717) is 0 Å². The van der Waals surface area contributed by atoms with Crippen LogP contribution in [-0.2, 0) is 0 Å². The van der Waals surface area contributed by atoms with E-state index < -0.39 is 0 Å². The summed E-state index contributed by atoms with van der Waals surface area (Å²) in [6.07, 6.45) is 0. The van der Waals surface area contributed by atoms with E-state index in [1.54, 1.807) is 0 Å². The van der Waals surface area contributed by atoms with Gasteiger partial charge in [0.1, 0.15) is 0 Å². The molecule has 86 valence electrons. The van der Waals surface area contributed by atoms with Crippen LogP contribution in [0.2, 0.25) is 0 Å². The van der Waals surface area contributed by atoms with Crippen molar-refractivity contribution in [3.8, 4) is 0 Å². The fourth-order valence-corrected chi connectivity index (χ4v) is 2.60. The predicted octanol–water partition coefficient (Wildman–Crippen LogP) is 4.18. The van der Waals surface area contributed by atoms with Crippen molar-refractivity contribution in [1.29, 1.82) is 0 Å². The maximum Gasteiger partial charge on any atom is 0.0946 e. The molecular formula is C16H12N2. The predicted molar refractivity (Wildman–Crippen MR) is 75.8 cm³/mol. The van der Waals surface area contributed by atoms with Crippen molar-refractivity contribution in [2.45, 2.75) is 6.92 Å². The van der Waals surface area contributed by atoms with Crippen LogP contribution in [-0.4, -0.2) is 9.97 Å². The van der Waals surface area contributed by atoms with Gasteiger partial charge in [0.25, 0.3) is 0 Å². The molecule has 0 radical (unpaired) electrons. The molecule has 0 amide bonds. The molecule has 0 aliphatic heterocycles. The van der Waals surface area contributed by atoms with Gasteiger partial charge in [0.2, 0.25) is 0 Å². The summed E-state index contributed by atoms with van der Waals surface area (Å²) >= 11 is 0. The minimum atomic E-state index is 1.05. The third kappa shape index (κ3) is 1.20. The standard InChI is InChI=1S/C16H12N2/c1-10-6-7-11-8-9-13-12-4-2-3-5-14(12)18-16(13)15(11)17-10/h2-9,18H,1H3. The molecular weight excluding hydrogens is 220 g/mol. The van der Waals surface area contributed by atoms with Gasteiger partial charge in [-0.25, -0.2) is 0 Å². The van der Waals surface area contributed by atoms with Gasteiger partial charge in [-0.3, -0.25) is 4.98 Å². The van der Waals surface area contributed by atoms with Crippen LogP contribution in [0.4, 0.5) is 0 Å². The molecule has 0 bridgehead atoms. The Kier molecular flexibility index (Phi) is 1.78. The van der Waals surface area contributed by atoms with E-state index >= 15 is 0 Å². The number of pyridine rings is 1. The highest BCUT2D eigenvalue weighted by atomic mass is 14.8. The largest absolute Gasteiger partial charge is 0.353 e. The molecule has 0 atom stereocenters. The Balaban J connectivity index is 2.31. The molecule has 0 unspecified atom stereocenters. The fraction of sp³-hybridized carbons (Fsp3) is 0.0625. The third-order valence-electron chi connectivity index (χ3n) is 3.48. The second-order valence-corrected chi connectivity index (χ2v) is 4.68. The zero-order valence-corrected chi connectivity index (χ0v) is 10.1. The highest BCUT2D eigenvalue weighted by Crippen LogP contribution is 2.30. The van der Waals surface area contributed by atoms with Crippen LogP contribution >= 0.6 is 0 Å².